The van der Waals surface area contributed by atoms with Crippen LogP contribution < -0.4 is 10.2 Å². The van der Waals surface area contributed by atoms with Crippen LogP contribution in [0, 0.1) is 0 Å². The van der Waals surface area contributed by atoms with Crippen LogP contribution in [-0.4, -0.2) is 71.8 Å². The molecular formula is C23H25N5O4. The highest BCUT2D eigenvalue weighted by Gasteiger charge is 2.24. The number of nitrogens with zero attached hydrogens (tertiary/aromatic N) is 4. The smallest absolute Gasteiger partial charge is 0.272 e. The maximum absolute atomic E-state index is 12.7. The van der Waals surface area contributed by atoms with Gasteiger partial charge in [0.1, 0.15) is 11.6 Å². The lowest BCUT2D eigenvalue weighted by molar-refractivity contribution is -0.116. The summed E-state index contributed by atoms with van der Waals surface area (Å²) in [5.41, 5.74) is 3.54. The molecule has 32 heavy (non-hydrogen) atoms. The van der Waals surface area contributed by atoms with E-state index >= 15 is 0 Å². The molecule has 0 unspecified atom stereocenters. The summed E-state index contributed by atoms with van der Waals surface area (Å²) >= 11 is 0. The third-order valence-electron chi connectivity index (χ3n) is 5.63. The highest BCUT2D eigenvalue weighted by Crippen LogP contribution is 2.26. The minimum atomic E-state index is -0.235. The molecule has 9 nitrogen and oxygen atoms in total. The Morgan fingerprint density at radius 1 is 1.12 bits per heavy atom. The summed E-state index contributed by atoms with van der Waals surface area (Å²) in [5.74, 6) is 0.737. The number of amides is 1. The summed E-state index contributed by atoms with van der Waals surface area (Å²) in [6.45, 7) is 5.34. The van der Waals surface area contributed by atoms with Crippen molar-refractivity contribution in [2.45, 2.75) is 19.4 Å². The van der Waals surface area contributed by atoms with Crippen LogP contribution >= 0.6 is 0 Å². The van der Waals surface area contributed by atoms with E-state index < -0.39 is 0 Å². The molecule has 0 aliphatic carbocycles. The molecule has 0 atom stereocenters. The number of carbonyl (C=O) groups is 2. The van der Waals surface area contributed by atoms with Crippen LogP contribution in [0.5, 0.6) is 0 Å². The Bertz CT molecular complexity index is 1160. The summed E-state index contributed by atoms with van der Waals surface area (Å²) in [5, 5.41) is 7.50. The summed E-state index contributed by atoms with van der Waals surface area (Å²) in [7, 11) is 0. The standard InChI is InChI=1S/C23H25N5O4/c1-15(29)9-16-3-2-4-17(10-16)19-12-22(27-5-7-31-8-6-27)28-21(25-19)11-20(26-28)23(30)24-18-13-32-14-18/h2-4,10-12,18H,5-9,13-14H2,1H3,(H,24,30). The molecule has 4 heterocycles. The van der Waals surface area contributed by atoms with E-state index in [2.05, 4.69) is 15.3 Å². The molecule has 1 aromatic carbocycles. The number of ketones is 1. The van der Waals surface area contributed by atoms with Gasteiger partial charge in [0, 0.05) is 37.2 Å². The van der Waals surface area contributed by atoms with Gasteiger partial charge in [0.05, 0.1) is 38.2 Å². The molecule has 2 aliphatic rings. The lowest BCUT2D eigenvalue weighted by atomic mass is 10.0. The van der Waals surface area contributed by atoms with E-state index in [9.17, 15) is 9.59 Å². The normalized spacial score (nSPS) is 16.7. The quantitative estimate of drug-likeness (QED) is 0.626. The topological polar surface area (TPSA) is 98.1 Å². The van der Waals surface area contributed by atoms with Gasteiger partial charge >= 0.3 is 0 Å². The largest absolute Gasteiger partial charge is 0.378 e. The maximum atomic E-state index is 12.7. The summed E-state index contributed by atoms with van der Waals surface area (Å²) in [4.78, 5) is 31.2. The molecule has 5 rings (SSSR count). The molecule has 0 bridgehead atoms. The van der Waals surface area contributed by atoms with Gasteiger partial charge in [-0.25, -0.2) is 4.98 Å². The SMILES string of the molecule is CC(=O)Cc1cccc(-c2cc(N3CCOCC3)n3nc(C(=O)NC4COC4)cc3n2)c1. The fraction of sp³-hybridized carbons (Fsp3) is 0.391. The van der Waals surface area contributed by atoms with Crippen molar-refractivity contribution in [1.29, 1.82) is 0 Å². The summed E-state index contributed by atoms with van der Waals surface area (Å²) < 4.78 is 12.4. The predicted molar refractivity (Wildman–Crippen MR) is 118 cm³/mol. The second-order valence-electron chi connectivity index (χ2n) is 8.19. The highest BCUT2D eigenvalue weighted by molar-refractivity contribution is 5.93. The predicted octanol–water partition coefficient (Wildman–Crippen LogP) is 1.49. The minimum absolute atomic E-state index is 0.0264. The Labute approximate surface area is 185 Å². The molecule has 3 aromatic rings. The zero-order valence-electron chi connectivity index (χ0n) is 17.9. The van der Waals surface area contributed by atoms with E-state index in [0.717, 1.165) is 35.7 Å². The van der Waals surface area contributed by atoms with Crippen LogP contribution in [0.4, 0.5) is 5.82 Å². The van der Waals surface area contributed by atoms with Crippen LogP contribution in [0.2, 0.25) is 0 Å². The average molecular weight is 435 g/mol. The van der Waals surface area contributed by atoms with Gasteiger partial charge < -0.3 is 19.7 Å². The Morgan fingerprint density at radius 3 is 2.66 bits per heavy atom. The van der Waals surface area contributed by atoms with Gasteiger partial charge in [-0.15, -0.1) is 0 Å². The zero-order chi connectivity index (χ0) is 22.1. The molecule has 0 spiro atoms. The van der Waals surface area contributed by atoms with Crippen molar-refractivity contribution in [2.75, 3.05) is 44.4 Å². The lowest BCUT2D eigenvalue weighted by Crippen LogP contribution is -2.48. The monoisotopic (exact) mass is 435 g/mol. The van der Waals surface area contributed by atoms with Gasteiger partial charge in [-0.3, -0.25) is 9.59 Å². The summed E-state index contributed by atoms with van der Waals surface area (Å²) in [6.07, 6.45) is 0.383. The Morgan fingerprint density at radius 2 is 1.94 bits per heavy atom. The number of rotatable bonds is 6. The second-order valence-corrected chi connectivity index (χ2v) is 8.19. The molecule has 9 heteroatoms. The molecule has 2 fully saturated rings. The van der Waals surface area contributed by atoms with Crippen molar-refractivity contribution in [2.24, 2.45) is 0 Å². The third-order valence-corrected chi connectivity index (χ3v) is 5.63. The molecule has 2 aliphatic heterocycles. The number of hydrogen-bond donors (Lipinski definition) is 1. The first-order valence-corrected chi connectivity index (χ1v) is 10.8. The van der Waals surface area contributed by atoms with Crippen LogP contribution in [0.25, 0.3) is 16.9 Å². The lowest BCUT2D eigenvalue weighted by Gasteiger charge is -2.29. The van der Waals surface area contributed by atoms with E-state index in [1.807, 2.05) is 30.3 Å². The Kier molecular flexibility index (Phi) is 5.59. The summed E-state index contributed by atoms with van der Waals surface area (Å²) in [6, 6.07) is 11.6. The molecule has 0 saturated carbocycles. The number of benzene rings is 1. The van der Waals surface area contributed by atoms with Crippen molar-refractivity contribution in [3.63, 3.8) is 0 Å². The third kappa shape index (κ3) is 4.21. The number of nitrogens with one attached hydrogen (secondary N) is 1. The molecule has 2 saturated heterocycles. The number of Topliss-reactive ketones (excluding diaryl/α,β-unsaturated/α-hetero) is 1. The van der Waals surface area contributed by atoms with Crippen LogP contribution in [-0.2, 0) is 20.7 Å². The van der Waals surface area contributed by atoms with Gasteiger partial charge in [0.25, 0.3) is 5.91 Å². The Balaban J connectivity index is 1.56. The van der Waals surface area contributed by atoms with Gasteiger partial charge in [0.2, 0.25) is 0 Å². The molecular weight excluding hydrogens is 410 g/mol. The number of carbonyl (C=O) groups excluding carboxylic acids is 2. The van der Waals surface area contributed by atoms with Crippen molar-refractivity contribution >= 4 is 23.2 Å². The van der Waals surface area contributed by atoms with Gasteiger partial charge in [-0.05, 0) is 18.6 Å². The molecule has 166 valence electrons. The molecule has 1 amide bonds. The number of fused-ring (bicyclic) bond motifs is 1. The first-order valence-electron chi connectivity index (χ1n) is 10.8. The number of hydrogen-bond acceptors (Lipinski definition) is 7. The molecule has 1 N–H and O–H groups in total. The van der Waals surface area contributed by atoms with E-state index in [-0.39, 0.29) is 17.7 Å². The van der Waals surface area contributed by atoms with Gasteiger partial charge in [-0.2, -0.15) is 9.61 Å². The fourth-order valence-corrected chi connectivity index (χ4v) is 3.94. The van der Waals surface area contributed by atoms with Crippen molar-refractivity contribution in [1.82, 2.24) is 19.9 Å². The van der Waals surface area contributed by atoms with Crippen molar-refractivity contribution in [3.05, 3.63) is 47.7 Å². The van der Waals surface area contributed by atoms with E-state index in [1.54, 1.807) is 17.5 Å². The van der Waals surface area contributed by atoms with Crippen molar-refractivity contribution < 1.29 is 19.1 Å². The number of morpholine rings is 1. The first-order chi connectivity index (χ1) is 15.6. The van der Waals surface area contributed by atoms with Crippen LogP contribution in [0.3, 0.4) is 0 Å². The van der Waals surface area contributed by atoms with Crippen LogP contribution in [0.15, 0.2) is 36.4 Å². The number of aromatic nitrogens is 3. The second kappa shape index (κ2) is 8.68. The zero-order valence-corrected chi connectivity index (χ0v) is 17.9. The van der Waals surface area contributed by atoms with E-state index in [1.165, 1.54) is 0 Å². The molecule has 2 aromatic heterocycles. The van der Waals surface area contributed by atoms with E-state index in [4.69, 9.17) is 14.5 Å². The maximum Gasteiger partial charge on any atom is 0.272 e. The van der Waals surface area contributed by atoms with Gasteiger partial charge in [-0.1, -0.05) is 18.2 Å². The number of ether oxygens (including phenoxy) is 2. The first kappa shape index (κ1) is 20.6. The minimum Gasteiger partial charge on any atom is -0.378 e. The average Bonchev–Trinajstić information content (AvgIpc) is 3.20. The van der Waals surface area contributed by atoms with E-state index in [0.29, 0.717) is 44.2 Å². The number of anilines is 1. The van der Waals surface area contributed by atoms with Gasteiger partial charge in [0.15, 0.2) is 11.3 Å². The van der Waals surface area contributed by atoms with Crippen LogP contribution in [0.1, 0.15) is 23.0 Å². The fourth-order valence-electron chi connectivity index (χ4n) is 3.94. The molecule has 0 radical (unpaired) electrons. The highest BCUT2D eigenvalue weighted by atomic mass is 16.5. The van der Waals surface area contributed by atoms with Crippen molar-refractivity contribution in [3.8, 4) is 11.3 Å². The Hall–Kier alpha value is -3.30.